The summed E-state index contributed by atoms with van der Waals surface area (Å²) in [7, 11) is 1.17. The fourth-order valence-electron chi connectivity index (χ4n) is 4.55. The van der Waals surface area contributed by atoms with E-state index in [0.29, 0.717) is 5.88 Å². The van der Waals surface area contributed by atoms with Crippen LogP contribution in [0.25, 0.3) is 0 Å². The number of hydrogen-bond acceptors (Lipinski definition) is 3. The summed E-state index contributed by atoms with van der Waals surface area (Å²) in [5.41, 5.74) is 3.96. The predicted molar refractivity (Wildman–Crippen MR) is 118 cm³/mol. The molecule has 0 N–H and O–H groups in total. The summed E-state index contributed by atoms with van der Waals surface area (Å²) in [6, 6.07) is 17.5. The van der Waals surface area contributed by atoms with E-state index >= 15 is 0 Å². The summed E-state index contributed by atoms with van der Waals surface area (Å²) in [6.07, 6.45) is 7.47. The molecule has 1 fully saturated rings. The number of likely N-dealkylation sites (tertiary alicyclic amines) is 1. The molecule has 3 nitrogen and oxygen atoms in total. The van der Waals surface area contributed by atoms with Crippen LogP contribution in [-0.2, 0) is 23.6 Å². The molecule has 0 bridgehead atoms. The van der Waals surface area contributed by atoms with Gasteiger partial charge in [-0.3, -0.25) is 4.21 Å². The molecule has 150 valence electrons. The van der Waals surface area contributed by atoms with Crippen LogP contribution in [0.1, 0.15) is 36.8 Å². The molecule has 2 aromatic carbocycles. The standard InChI is InChI=1S/C24H32N2OS/c1-25-19-28(27)24-18-21(10-11-23(24)25)9-5-6-14-26-15-12-22(13-16-26)17-20-7-3-2-4-8-20/h2-4,7-8,10-11,18,22H,5-6,9,12-17,19H2,1H3. The number of fused-ring (bicyclic) bond motifs is 1. The smallest absolute Gasteiger partial charge is 0.0982 e. The van der Waals surface area contributed by atoms with Crippen LogP contribution in [0.4, 0.5) is 5.69 Å². The topological polar surface area (TPSA) is 23.6 Å². The molecule has 2 heterocycles. The summed E-state index contributed by atoms with van der Waals surface area (Å²) in [4.78, 5) is 5.77. The Labute approximate surface area is 172 Å². The van der Waals surface area contributed by atoms with Gasteiger partial charge in [-0.15, -0.1) is 0 Å². The molecule has 1 atom stereocenters. The van der Waals surface area contributed by atoms with Gasteiger partial charge in [-0.25, -0.2) is 0 Å². The number of unbranched alkanes of at least 4 members (excludes halogenated alkanes) is 1. The predicted octanol–water partition coefficient (Wildman–Crippen LogP) is 4.48. The van der Waals surface area contributed by atoms with E-state index in [0.717, 1.165) is 22.9 Å². The van der Waals surface area contributed by atoms with Crippen molar-refractivity contribution in [1.29, 1.82) is 0 Å². The van der Waals surface area contributed by atoms with E-state index < -0.39 is 10.8 Å². The lowest BCUT2D eigenvalue weighted by Gasteiger charge is -2.32. The molecule has 1 unspecified atom stereocenters. The van der Waals surface area contributed by atoms with Crippen LogP contribution in [0.15, 0.2) is 53.4 Å². The molecule has 0 radical (unpaired) electrons. The quantitative estimate of drug-likeness (QED) is 0.645. The van der Waals surface area contributed by atoms with Gasteiger partial charge in [-0.05, 0) is 87.3 Å². The zero-order chi connectivity index (χ0) is 19.3. The second-order valence-corrected chi connectivity index (χ2v) is 9.80. The second kappa shape index (κ2) is 9.23. The summed E-state index contributed by atoms with van der Waals surface area (Å²) in [5, 5.41) is 0. The van der Waals surface area contributed by atoms with Gasteiger partial charge in [0.25, 0.3) is 0 Å². The Kier molecular flexibility index (Phi) is 6.48. The highest BCUT2D eigenvalue weighted by Gasteiger charge is 2.23. The minimum absolute atomic E-state index is 0.638. The largest absolute Gasteiger partial charge is 0.361 e. The minimum Gasteiger partial charge on any atom is -0.361 e. The highest BCUT2D eigenvalue weighted by atomic mass is 32.2. The Morgan fingerprint density at radius 2 is 1.79 bits per heavy atom. The van der Waals surface area contributed by atoms with Gasteiger partial charge >= 0.3 is 0 Å². The van der Waals surface area contributed by atoms with Gasteiger partial charge < -0.3 is 9.80 Å². The number of rotatable bonds is 7. The Morgan fingerprint density at radius 3 is 2.57 bits per heavy atom. The lowest BCUT2D eigenvalue weighted by Crippen LogP contribution is -2.35. The average Bonchev–Trinajstić information content (AvgIpc) is 3.01. The molecule has 28 heavy (non-hydrogen) atoms. The molecular weight excluding hydrogens is 364 g/mol. The van der Waals surface area contributed by atoms with E-state index in [1.807, 2.05) is 7.05 Å². The van der Waals surface area contributed by atoms with E-state index in [4.69, 9.17) is 0 Å². The van der Waals surface area contributed by atoms with Crippen LogP contribution in [0.3, 0.4) is 0 Å². The third-order valence-electron chi connectivity index (χ3n) is 6.26. The van der Waals surface area contributed by atoms with Crippen molar-refractivity contribution in [1.82, 2.24) is 4.90 Å². The lowest BCUT2D eigenvalue weighted by atomic mass is 9.90. The van der Waals surface area contributed by atoms with Crippen molar-refractivity contribution < 1.29 is 4.21 Å². The van der Waals surface area contributed by atoms with E-state index in [1.165, 1.54) is 62.9 Å². The molecule has 0 aromatic heterocycles. The Morgan fingerprint density at radius 1 is 1.00 bits per heavy atom. The summed E-state index contributed by atoms with van der Waals surface area (Å²) >= 11 is 0. The molecule has 2 aliphatic heterocycles. The second-order valence-electron chi connectivity index (χ2n) is 8.41. The maximum atomic E-state index is 12.2. The zero-order valence-electron chi connectivity index (χ0n) is 17.0. The number of benzene rings is 2. The Balaban J connectivity index is 1.16. The number of anilines is 1. The van der Waals surface area contributed by atoms with Crippen molar-refractivity contribution in [3.8, 4) is 0 Å². The van der Waals surface area contributed by atoms with E-state index in [1.54, 1.807) is 0 Å². The number of nitrogens with zero attached hydrogens (tertiary/aromatic N) is 2. The van der Waals surface area contributed by atoms with E-state index in [2.05, 4.69) is 58.3 Å². The SMILES string of the molecule is CN1CS(=O)c2cc(CCCCN3CCC(Cc4ccccc4)CC3)ccc21. The van der Waals surface area contributed by atoms with Gasteiger partial charge in [0, 0.05) is 7.05 Å². The zero-order valence-corrected chi connectivity index (χ0v) is 17.8. The average molecular weight is 397 g/mol. The maximum Gasteiger partial charge on any atom is 0.0982 e. The lowest BCUT2D eigenvalue weighted by molar-refractivity contribution is 0.181. The minimum atomic E-state index is -0.850. The van der Waals surface area contributed by atoms with Crippen LogP contribution < -0.4 is 4.90 Å². The van der Waals surface area contributed by atoms with Gasteiger partial charge in [-0.2, -0.15) is 0 Å². The summed E-state index contributed by atoms with van der Waals surface area (Å²) in [5.74, 6) is 1.49. The fourth-order valence-corrected chi connectivity index (χ4v) is 5.92. The molecule has 0 spiro atoms. The van der Waals surface area contributed by atoms with Gasteiger partial charge in [-0.1, -0.05) is 36.4 Å². The van der Waals surface area contributed by atoms with E-state index in [-0.39, 0.29) is 0 Å². The van der Waals surface area contributed by atoms with Crippen LogP contribution in [0.2, 0.25) is 0 Å². The van der Waals surface area contributed by atoms with Gasteiger partial charge in [0.15, 0.2) is 0 Å². The monoisotopic (exact) mass is 396 g/mol. The number of piperidine rings is 1. The summed E-state index contributed by atoms with van der Waals surface area (Å²) in [6.45, 7) is 3.72. The highest BCUT2D eigenvalue weighted by molar-refractivity contribution is 7.85. The van der Waals surface area contributed by atoms with Crippen molar-refractivity contribution in [3.63, 3.8) is 0 Å². The summed E-state index contributed by atoms with van der Waals surface area (Å²) < 4.78 is 12.2. The Hall–Kier alpha value is -1.65. The van der Waals surface area contributed by atoms with E-state index in [9.17, 15) is 4.21 Å². The number of hydrogen-bond donors (Lipinski definition) is 0. The molecule has 0 amide bonds. The van der Waals surface area contributed by atoms with Crippen molar-refractivity contribution in [2.24, 2.45) is 5.92 Å². The molecule has 4 rings (SSSR count). The third kappa shape index (κ3) is 4.84. The van der Waals surface area contributed by atoms with Gasteiger partial charge in [0.05, 0.1) is 27.3 Å². The van der Waals surface area contributed by atoms with Crippen molar-refractivity contribution >= 4 is 16.5 Å². The molecule has 1 saturated heterocycles. The van der Waals surface area contributed by atoms with Crippen LogP contribution in [0, 0.1) is 5.92 Å². The first kappa shape index (κ1) is 19.7. The van der Waals surface area contributed by atoms with Crippen LogP contribution in [-0.4, -0.2) is 41.7 Å². The van der Waals surface area contributed by atoms with Gasteiger partial charge in [0.2, 0.25) is 0 Å². The maximum absolute atomic E-state index is 12.2. The first-order valence-corrected chi connectivity index (χ1v) is 12.0. The Bertz CT molecular complexity index is 800. The first-order valence-electron chi connectivity index (χ1n) is 10.7. The van der Waals surface area contributed by atoms with Crippen molar-refractivity contribution in [2.75, 3.05) is 37.5 Å². The molecule has 4 heteroatoms. The molecule has 0 saturated carbocycles. The third-order valence-corrected chi connectivity index (χ3v) is 7.70. The fraction of sp³-hybridized carbons (Fsp3) is 0.500. The highest BCUT2D eigenvalue weighted by Crippen LogP contribution is 2.31. The van der Waals surface area contributed by atoms with Crippen molar-refractivity contribution in [2.45, 2.75) is 43.4 Å². The van der Waals surface area contributed by atoms with Crippen molar-refractivity contribution in [3.05, 3.63) is 59.7 Å². The van der Waals surface area contributed by atoms with Gasteiger partial charge in [0.1, 0.15) is 0 Å². The normalized spacial score (nSPS) is 20.5. The number of aryl methyl sites for hydroxylation is 1. The first-order chi connectivity index (χ1) is 13.7. The van der Waals surface area contributed by atoms with Crippen LogP contribution >= 0.6 is 0 Å². The molecule has 2 aromatic rings. The molecule has 0 aliphatic carbocycles. The molecular formula is C24H32N2OS. The van der Waals surface area contributed by atoms with Crippen LogP contribution in [0.5, 0.6) is 0 Å². The molecule has 2 aliphatic rings.